The maximum absolute atomic E-state index is 11.2. The summed E-state index contributed by atoms with van der Waals surface area (Å²) in [5.74, 6) is 1.70. The molecule has 30 heavy (non-hydrogen) atoms. The molecule has 1 aromatic carbocycles. The Morgan fingerprint density at radius 2 is 2.03 bits per heavy atom. The van der Waals surface area contributed by atoms with E-state index in [2.05, 4.69) is 23.9 Å². The molecule has 1 saturated carbocycles. The van der Waals surface area contributed by atoms with E-state index in [1.54, 1.807) is 0 Å². The number of piperidine rings is 1. The first-order valence-corrected chi connectivity index (χ1v) is 11.1. The molecule has 0 bridgehead atoms. The standard InChI is InChI=1S/C23H32N2O5/c1-15(2)13-28-19-4-3-5-20-21(19)22(24-30-20)29-14-16-8-10-25(11-9-16)12-17-6-7-18(17)23(26)27/h3-5,15-18H,6-14H2,1-2H3,(H,26,27). The summed E-state index contributed by atoms with van der Waals surface area (Å²) in [4.78, 5) is 13.6. The molecule has 1 saturated heterocycles. The lowest BCUT2D eigenvalue weighted by molar-refractivity contribution is -0.148. The molecule has 0 radical (unpaired) electrons. The highest BCUT2D eigenvalue weighted by atomic mass is 16.5. The third-order valence-corrected chi connectivity index (χ3v) is 6.39. The third kappa shape index (κ3) is 4.72. The number of fused-ring (bicyclic) bond motifs is 1. The Morgan fingerprint density at radius 1 is 1.23 bits per heavy atom. The van der Waals surface area contributed by atoms with Crippen LogP contribution in [0.25, 0.3) is 11.0 Å². The molecule has 0 spiro atoms. The molecule has 2 aliphatic rings. The fourth-order valence-corrected chi connectivity index (χ4v) is 4.39. The summed E-state index contributed by atoms with van der Waals surface area (Å²) < 4.78 is 17.4. The zero-order valence-electron chi connectivity index (χ0n) is 17.9. The Kier molecular flexibility index (Phi) is 6.46. The van der Waals surface area contributed by atoms with Crippen molar-refractivity contribution in [2.45, 2.75) is 39.5 Å². The van der Waals surface area contributed by atoms with Crippen molar-refractivity contribution >= 4 is 16.9 Å². The van der Waals surface area contributed by atoms with Gasteiger partial charge in [-0.1, -0.05) is 19.9 Å². The average molecular weight is 417 g/mol. The Hall–Kier alpha value is -2.28. The topological polar surface area (TPSA) is 85.0 Å². The van der Waals surface area contributed by atoms with Crippen molar-refractivity contribution in [1.82, 2.24) is 10.1 Å². The van der Waals surface area contributed by atoms with Crippen LogP contribution in [0.5, 0.6) is 11.6 Å². The number of carboxylic acids is 1. The number of aromatic nitrogens is 1. The van der Waals surface area contributed by atoms with Crippen LogP contribution in [0.3, 0.4) is 0 Å². The minimum absolute atomic E-state index is 0.140. The molecule has 2 atom stereocenters. The van der Waals surface area contributed by atoms with Crippen LogP contribution < -0.4 is 9.47 Å². The van der Waals surface area contributed by atoms with Gasteiger partial charge in [-0.2, -0.15) is 0 Å². The van der Waals surface area contributed by atoms with Crippen LogP contribution in [0.4, 0.5) is 0 Å². The lowest BCUT2D eigenvalue weighted by Gasteiger charge is -2.40. The van der Waals surface area contributed by atoms with Gasteiger partial charge in [0.25, 0.3) is 5.88 Å². The van der Waals surface area contributed by atoms with Gasteiger partial charge in [0.1, 0.15) is 11.1 Å². The molecule has 4 rings (SSSR count). The predicted molar refractivity (Wildman–Crippen MR) is 113 cm³/mol. The van der Waals surface area contributed by atoms with Crippen molar-refractivity contribution in [3.63, 3.8) is 0 Å². The van der Waals surface area contributed by atoms with Crippen molar-refractivity contribution in [2.24, 2.45) is 23.7 Å². The number of hydrogen-bond acceptors (Lipinski definition) is 6. The minimum atomic E-state index is -0.633. The fraction of sp³-hybridized carbons (Fsp3) is 0.652. The number of ether oxygens (including phenoxy) is 2. The molecule has 2 fully saturated rings. The van der Waals surface area contributed by atoms with Gasteiger partial charge in [-0.3, -0.25) is 4.79 Å². The van der Waals surface area contributed by atoms with Gasteiger partial charge in [-0.05, 0) is 73.8 Å². The first kappa shape index (κ1) is 21.0. The van der Waals surface area contributed by atoms with Gasteiger partial charge in [-0.15, -0.1) is 0 Å². The molecule has 164 valence electrons. The molecule has 7 heteroatoms. The summed E-state index contributed by atoms with van der Waals surface area (Å²) in [6.45, 7) is 8.38. The van der Waals surface area contributed by atoms with Crippen molar-refractivity contribution in [3.05, 3.63) is 18.2 Å². The maximum atomic E-state index is 11.2. The Bertz CT molecular complexity index is 856. The number of rotatable bonds is 9. The van der Waals surface area contributed by atoms with Gasteiger partial charge < -0.3 is 24.0 Å². The van der Waals surface area contributed by atoms with E-state index in [1.165, 1.54) is 0 Å². The second-order valence-electron chi connectivity index (χ2n) is 9.16. The zero-order chi connectivity index (χ0) is 21.1. The van der Waals surface area contributed by atoms with Crippen LogP contribution in [-0.4, -0.2) is 54.0 Å². The van der Waals surface area contributed by atoms with Crippen LogP contribution in [-0.2, 0) is 4.79 Å². The number of benzene rings is 1. The monoisotopic (exact) mass is 416 g/mol. The van der Waals surface area contributed by atoms with Crippen molar-refractivity contribution in [3.8, 4) is 11.6 Å². The Morgan fingerprint density at radius 3 is 2.70 bits per heavy atom. The second kappa shape index (κ2) is 9.25. The van der Waals surface area contributed by atoms with Crippen LogP contribution in [0.2, 0.25) is 0 Å². The molecule has 1 aromatic heterocycles. The van der Waals surface area contributed by atoms with Crippen LogP contribution in [0.1, 0.15) is 39.5 Å². The molecule has 2 heterocycles. The highest BCUT2D eigenvalue weighted by Gasteiger charge is 2.37. The van der Waals surface area contributed by atoms with Crippen LogP contribution in [0.15, 0.2) is 22.7 Å². The zero-order valence-corrected chi connectivity index (χ0v) is 17.9. The predicted octanol–water partition coefficient (Wildman–Crippen LogP) is 4.06. The Labute approximate surface area is 177 Å². The highest BCUT2D eigenvalue weighted by Crippen LogP contribution is 2.36. The van der Waals surface area contributed by atoms with E-state index in [4.69, 9.17) is 14.0 Å². The Balaban J connectivity index is 1.28. The van der Waals surface area contributed by atoms with Crippen LogP contribution >= 0.6 is 0 Å². The second-order valence-corrected chi connectivity index (χ2v) is 9.16. The first-order valence-electron chi connectivity index (χ1n) is 11.1. The van der Waals surface area contributed by atoms with Gasteiger partial charge in [0.15, 0.2) is 5.58 Å². The molecule has 0 amide bonds. The van der Waals surface area contributed by atoms with E-state index < -0.39 is 5.97 Å². The molecular weight excluding hydrogens is 384 g/mol. The molecular formula is C23H32N2O5. The van der Waals surface area contributed by atoms with E-state index in [-0.39, 0.29) is 5.92 Å². The largest absolute Gasteiger partial charge is 0.492 e. The number of carbonyl (C=O) groups is 1. The van der Waals surface area contributed by atoms with E-state index in [1.807, 2.05) is 18.2 Å². The highest BCUT2D eigenvalue weighted by molar-refractivity contribution is 5.88. The van der Waals surface area contributed by atoms with E-state index in [0.29, 0.717) is 42.4 Å². The number of carboxylic acid groups (broad SMARTS) is 1. The SMILES string of the molecule is CC(C)COc1cccc2onc(OCC3CCN(CC4CCC4C(=O)O)CC3)c12. The van der Waals surface area contributed by atoms with Gasteiger partial charge >= 0.3 is 5.97 Å². The minimum Gasteiger partial charge on any atom is -0.492 e. The van der Waals surface area contributed by atoms with E-state index in [0.717, 1.165) is 56.5 Å². The van der Waals surface area contributed by atoms with Gasteiger partial charge in [0.05, 0.1) is 19.1 Å². The molecule has 2 aromatic rings. The van der Waals surface area contributed by atoms with Gasteiger partial charge in [-0.25, -0.2) is 0 Å². The van der Waals surface area contributed by atoms with Gasteiger partial charge in [0.2, 0.25) is 0 Å². The summed E-state index contributed by atoms with van der Waals surface area (Å²) in [7, 11) is 0. The number of aliphatic carboxylic acids is 1. The molecule has 1 aliphatic carbocycles. The maximum Gasteiger partial charge on any atom is 0.306 e. The summed E-state index contributed by atoms with van der Waals surface area (Å²) >= 11 is 0. The van der Waals surface area contributed by atoms with E-state index >= 15 is 0 Å². The number of likely N-dealkylation sites (tertiary alicyclic amines) is 1. The number of hydrogen-bond donors (Lipinski definition) is 1. The van der Waals surface area contributed by atoms with Crippen molar-refractivity contribution < 1.29 is 23.9 Å². The van der Waals surface area contributed by atoms with Gasteiger partial charge in [0, 0.05) is 6.54 Å². The van der Waals surface area contributed by atoms with Crippen molar-refractivity contribution in [1.29, 1.82) is 0 Å². The van der Waals surface area contributed by atoms with Crippen LogP contribution in [0, 0.1) is 23.7 Å². The average Bonchev–Trinajstić information content (AvgIpc) is 3.12. The number of nitrogens with zero attached hydrogens (tertiary/aromatic N) is 2. The molecule has 7 nitrogen and oxygen atoms in total. The summed E-state index contributed by atoms with van der Waals surface area (Å²) in [6.07, 6.45) is 3.98. The van der Waals surface area contributed by atoms with Crippen molar-refractivity contribution in [2.75, 3.05) is 32.8 Å². The normalized spacial score (nSPS) is 22.9. The third-order valence-electron chi connectivity index (χ3n) is 6.39. The summed E-state index contributed by atoms with van der Waals surface area (Å²) in [6, 6.07) is 5.71. The van der Waals surface area contributed by atoms with E-state index in [9.17, 15) is 9.90 Å². The lowest BCUT2D eigenvalue weighted by Crippen LogP contribution is -2.44. The fourth-order valence-electron chi connectivity index (χ4n) is 4.39. The molecule has 1 N–H and O–H groups in total. The quantitative estimate of drug-likeness (QED) is 0.660. The lowest BCUT2D eigenvalue weighted by atomic mass is 9.73. The molecule has 2 unspecified atom stereocenters. The summed E-state index contributed by atoms with van der Waals surface area (Å²) in [5.41, 5.74) is 0.676. The first-order chi connectivity index (χ1) is 14.5. The molecule has 1 aliphatic heterocycles. The smallest absolute Gasteiger partial charge is 0.306 e. The summed E-state index contributed by atoms with van der Waals surface area (Å²) in [5, 5.41) is 14.2.